The molecule has 0 amide bonds. The molecule has 2 heterocycles. The van der Waals surface area contributed by atoms with Crippen molar-refractivity contribution in [2.45, 2.75) is 19.3 Å². The highest BCUT2D eigenvalue weighted by molar-refractivity contribution is 7.18. The van der Waals surface area contributed by atoms with Crippen LogP contribution in [0.2, 0.25) is 0 Å². The fourth-order valence-corrected chi connectivity index (χ4v) is 12.7. The van der Waals surface area contributed by atoms with Gasteiger partial charge in [-0.2, -0.15) is 0 Å². The predicted octanol–water partition coefficient (Wildman–Crippen LogP) is 20.6. The van der Waals surface area contributed by atoms with Crippen LogP contribution in [-0.2, 0) is 5.41 Å². The van der Waals surface area contributed by atoms with Crippen molar-refractivity contribution in [1.82, 2.24) is 4.57 Å². The van der Waals surface area contributed by atoms with Crippen molar-refractivity contribution in [3.05, 3.63) is 290 Å². The molecule has 360 valence electrons. The summed E-state index contributed by atoms with van der Waals surface area (Å²) in [5.41, 5.74) is 24.1. The van der Waals surface area contributed by atoms with Gasteiger partial charge in [0.05, 0.1) is 11.0 Å². The maximum absolute atomic E-state index is 2.46. The summed E-state index contributed by atoms with van der Waals surface area (Å²) < 4.78 is 2.42. The van der Waals surface area contributed by atoms with E-state index in [1.165, 1.54) is 109 Å². The van der Waals surface area contributed by atoms with Crippen LogP contribution in [0.4, 0.5) is 17.1 Å². The normalized spacial score (nSPS) is 12.4. The molecule has 14 rings (SSSR count). The zero-order chi connectivity index (χ0) is 50.7. The number of anilines is 3. The van der Waals surface area contributed by atoms with Gasteiger partial charge in [-0.15, -0.1) is 11.3 Å². The predicted molar refractivity (Wildman–Crippen MR) is 324 cm³/mol. The van der Waals surface area contributed by atoms with Gasteiger partial charge in [-0.1, -0.05) is 202 Å². The lowest BCUT2D eigenvalue weighted by molar-refractivity contribution is 0.660. The molecule has 0 saturated carbocycles. The summed E-state index contributed by atoms with van der Waals surface area (Å²) in [6.07, 6.45) is 0. The van der Waals surface area contributed by atoms with Gasteiger partial charge in [-0.25, -0.2) is 0 Å². The molecule has 0 radical (unpaired) electrons. The van der Waals surface area contributed by atoms with Crippen LogP contribution in [-0.4, -0.2) is 4.57 Å². The zero-order valence-corrected chi connectivity index (χ0v) is 43.2. The van der Waals surface area contributed by atoms with E-state index in [9.17, 15) is 0 Å². The van der Waals surface area contributed by atoms with Crippen LogP contribution in [0.5, 0.6) is 0 Å². The van der Waals surface area contributed by atoms with Crippen molar-refractivity contribution in [2.75, 3.05) is 4.90 Å². The van der Waals surface area contributed by atoms with E-state index >= 15 is 0 Å². The average molecular weight is 989 g/mol. The van der Waals surface area contributed by atoms with E-state index in [1.54, 1.807) is 0 Å². The Hall–Kier alpha value is -9.28. The highest BCUT2D eigenvalue weighted by Crippen LogP contribution is 2.52. The van der Waals surface area contributed by atoms with Crippen molar-refractivity contribution in [3.8, 4) is 82.2 Å². The Balaban J connectivity index is 0.818. The van der Waals surface area contributed by atoms with Gasteiger partial charge >= 0.3 is 0 Å². The van der Waals surface area contributed by atoms with Crippen LogP contribution in [0.15, 0.2) is 279 Å². The van der Waals surface area contributed by atoms with E-state index in [0.29, 0.717) is 0 Å². The van der Waals surface area contributed by atoms with Gasteiger partial charge in [-0.05, 0) is 169 Å². The molecule has 0 saturated heterocycles. The molecule has 2 aromatic heterocycles. The fraction of sp³-hybridized carbons (Fsp3) is 0.0411. The largest absolute Gasteiger partial charge is 0.310 e. The minimum Gasteiger partial charge on any atom is -0.310 e. The highest BCUT2D eigenvalue weighted by atomic mass is 32.1. The Morgan fingerprint density at radius 1 is 0.303 bits per heavy atom. The number of fused-ring (bicyclic) bond motifs is 6. The molecule has 0 aliphatic heterocycles. The number of nitrogens with zero attached hydrogens (tertiary/aromatic N) is 2. The first kappa shape index (κ1) is 45.3. The number of rotatable bonds is 10. The van der Waals surface area contributed by atoms with Crippen LogP contribution in [0.25, 0.3) is 104 Å². The highest BCUT2D eigenvalue weighted by Gasteiger charge is 2.36. The van der Waals surface area contributed by atoms with Crippen molar-refractivity contribution in [1.29, 1.82) is 0 Å². The molecule has 1 aliphatic carbocycles. The van der Waals surface area contributed by atoms with Gasteiger partial charge in [0, 0.05) is 48.7 Å². The first-order chi connectivity index (χ1) is 37.4. The molecular formula is C73H52N2S. The minimum absolute atomic E-state index is 0.248. The quantitative estimate of drug-likeness (QED) is 0.133. The summed E-state index contributed by atoms with van der Waals surface area (Å²) in [5.74, 6) is 0. The monoisotopic (exact) mass is 988 g/mol. The van der Waals surface area contributed by atoms with Gasteiger partial charge in [0.25, 0.3) is 0 Å². The molecule has 76 heavy (non-hydrogen) atoms. The zero-order valence-electron chi connectivity index (χ0n) is 42.4. The first-order valence-corrected chi connectivity index (χ1v) is 27.0. The number of thiophene rings is 1. The Kier molecular flexibility index (Phi) is 11.1. The van der Waals surface area contributed by atoms with Crippen LogP contribution >= 0.6 is 11.3 Å². The standard InChI is InChI=1S/C73H52N2S/c1-73(2)67-47-58(31-39-63(67)64-40-38-62(48-68(64)73)74(60-34-27-51(28-35-60)49-15-7-3-8-16-49)61-36-29-52(30-37-61)50-17-9-4-10-18-50)57-33-42-70-66(46-57)65-45-56(32-41-69(65)75(70)59-21-13-6-14-22-59)53-23-25-55(26-24-53)72-44-43-71(76-72)54-19-11-5-12-20-54/h3-48H,1-2H3. The summed E-state index contributed by atoms with van der Waals surface area (Å²) in [6, 6.07) is 103. The molecule has 3 heteroatoms. The van der Waals surface area contributed by atoms with Crippen molar-refractivity contribution >= 4 is 50.2 Å². The first-order valence-electron chi connectivity index (χ1n) is 26.2. The van der Waals surface area contributed by atoms with Crippen molar-refractivity contribution < 1.29 is 0 Å². The second kappa shape index (κ2) is 18.6. The van der Waals surface area contributed by atoms with Crippen LogP contribution in [0.1, 0.15) is 25.0 Å². The Morgan fingerprint density at radius 3 is 1.20 bits per heavy atom. The van der Waals surface area contributed by atoms with E-state index < -0.39 is 0 Å². The Bertz CT molecular complexity index is 4160. The van der Waals surface area contributed by atoms with Gasteiger partial charge in [0.1, 0.15) is 0 Å². The summed E-state index contributed by atoms with van der Waals surface area (Å²) in [4.78, 5) is 4.97. The van der Waals surface area contributed by atoms with E-state index in [2.05, 4.69) is 302 Å². The third-order valence-electron chi connectivity index (χ3n) is 15.7. The lowest BCUT2D eigenvalue weighted by Crippen LogP contribution is -2.16. The lowest BCUT2D eigenvalue weighted by Gasteiger charge is -2.28. The second-order valence-corrected chi connectivity index (χ2v) is 21.6. The van der Waals surface area contributed by atoms with Gasteiger partial charge < -0.3 is 9.47 Å². The number of benzene rings is 11. The number of hydrogen-bond acceptors (Lipinski definition) is 2. The Labute approximate surface area is 448 Å². The average Bonchev–Trinajstić information content (AvgIpc) is 4.19. The molecule has 1 aliphatic rings. The molecule has 0 N–H and O–H groups in total. The maximum Gasteiger partial charge on any atom is 0.0541 e. The van der Waals surface area contributed by atoms with Gasteiger partial charge in [-0.3, -0.25) is 0 Å². The van der Waals surface area contributed by atoms with Crippen LogP contribution < -0.4 is 4.90 Å². The second-order valence-electron chi connectivity index (χ2n) is 20.5. The van der Waals surface area contributed by atoms with E-state index in [1.807, 2.05) is 11.3 Å². The molecule has 0 unspecified atom stereocenters. The summed E-state index contributed by atoms with van der Waals surface area (Å²) in [7, 11) is 0. The Morgan fingerprint density at radius 2 is 0.658 bits per heavy atom. The molecule has 13 aromatic rings. The fourth-order valence-electron chi connectivity index (χ4n) is 11.7. The number of aromatic nitrogens is 1. The number of para-hydroxylation sites is 1. The summed E-state index contributed by atoms with van der Waals surface area (Å²) in [6.45, 7) is 4.79. The SMILES string of the molecule is CC1(C)c2cc(-c3ccc4c(c3)c3cc(-c5ccc(-c6ccc(-c7ccccc7)s6)cc5)ccc3n4-c3ccccc3)ccc2-c2ccc(N(c3ccc(-c4ccccc4)cc3)c3ccc(-c4ccccc4)cc3)cc21. The van der Waals surface area contributed by atoms with Crippen molar-refractivity contribution in [3.63, 3.8) is 0 Å². The lowest BCUT2D eigenvalue weighted by atomic mass is 9.81. The molecule has 0 fully saturated rings. The summed E-state index contributed by atoms with van der Waals surface area (Å²) >= 11 is 1.84. The third-order valence-corrected chi connectivity index (χ3v) is 16.8. The van der Waals surface area contributed by atoms with Crippen LogP contribution in [0.3, 0.4) is 0 Å². The van der Waals surface area contributed by atoms with Crippen LogP contribution in [0, 0.1) is 0 Å². The molecule has 11 aromatic carbocycles. The minimum atomic E-state index is -0.248. The molecule has 0 bridgehead atoms. The molecule has 0 spiro atoms. The third kappa shape index (κ3) is 7.96. The number of hydrogen-bond donors (Lipinski definition) is 0. The van der Waals surface area contributed by atoms with Gasteiger partial charge in [0.15, 0.2) is 0 Å². The topological polar surface area (TPSA) is 8.17 Å². The van der Waals surface area contributed by atoms with E-state index in [-0.39, 0.29) is 5.41 Å². The van der Waals surface area contributed by atoms with E-state index in [4.69, 9.17) is 0 Å². The maximum atomic E-state index is 2.46. The molecule has 2 nitrogen and oxygen atoms in total. The van der Waals surface area contributed by atoms with Crippen molar-refractivity contribution in [2.24, 2.45) is 0 Å². The summed E-state index contributed by atoms with van der Waals surface area (Å²) in [5, 5.41) is 2.48. The molecular weight excluding hydrogens is 937 g/mol. The van der Waals surface area contributed by atoms with E-state index in [0.717, 1.165) is 22.7 Å². The van der Waals surface area contributed by atoms with Gasteiger partial charge in [0.2, 0.25) is 0 Å². The smallest absolute Gasteiger partial charge is 0.0541 e. The molecule has 0 atom stereocenters.